The molecule has 0 saturated carbocycles. The molecule has 0 aliphatic heterocycles. The number of methoxy groups -OCH3 is 1. The summed E-state index contributed by atoms with van der Waals surface area (Å²) < 4.78 is 10.1. The summed E-state index contributed by atoms with van der Waals surface area (Å²) in [5, 5.41) is 5.50. The lowest BCUT2D eigenvalue weighted by Crippen LogP contribution is -2.50. The highest BCUT2D eigenvalue weighted by molar-refractivity contribution is 5.87. The molecule has 0 saturated heterocycles. The van der Waals surface area contributed by atoms with E-state index in [1.807, 2.05) is 20.8 Å². The number of carbonyl (C=O) groups excluding carboxylic acids is 2. The molecule has 0 spiro atoms. The van der Waals surface area contributed by atoms with Crippen molar-refractivity contribution in [3.05, 3.63) is 0 Å². The molecule has 2 amide bonds. The zero-order valence-electron chi connectivity index (χ0n) is 13.2. The van der Waals surface area contributed by atoms with Gasteiger partial charge in [0.25, 0.3) is 0 Å². The van der Waals surface area contributed by atoms with Crippen LogP contribution >= 0.6 is 0 Å². The van der Waals surface area contributed by atoms with Crippen LogP contribution in [-0.2, 0) is 19.1 Å². The van der Waals surface area contributed by atoms with Gasteiger partial charge < -0.3 is 20.1 Å². The first-order valence-electron chi connectivity index (χ1n) is 6.94. The number of amides is 2. The summed E-state index contributed by atoms with van der Waals surface area (Å²) in [7, 11) is 1.61. The highest BCUT2D eigenvalue weighted by Crippen LogP contribution is 2.00. The first-order chi connectivity index (χ1) is 9.26. The van der Waals surface area contributed by atoms with Crippen LogP contribution in [0.15, 0.2) is 0 Å². The summed E-state index contributed by atoms with van der Waals surface area (Å²) in [5.41, 5.74) is -0.300. The second kappa shape index (κ2) is 9.72. The van der Waals surface area contributed by atoms with Gasteiger partial charge in [0.1, 0.15) is 6.04 Å². The lowest BCUT2D eigenvalue weighted by Gasteiger charge is -2.23. The number of rotatable bonds is 9. The van der Waals surface area contributed by atoms with E-state index in [1.54, 1.807) is 14.0 Å². The van der Waals surface area contributed by atoms with Gasteiger partial charge in [0.05, 0.1) is 13.2 Å². The summed E-state index contributed by atoms with van der Waals surface area (Å²) in [4.78, 5) is 23.4. The predicted octanol–water partition coefficient (Wildman–Crippen LogP) is 0.849. The summed E-state index contributed by atoms with van der Waals surface area (Å²) in [6, 6.07) is -0.531. The molecule has 0 fully saturated rings. The Balaban J connectivity index is 3.77. The normalized spacial score (nSPS) is 12.8. The van der Waals surface area contributed by atoms with Gasteiger partial charge in [-0.25, -0.2) is 0 Å². The van der Waals surface area contributed by atoms with Gasteiger partial charge in [0.15, 0.2) is 0 Å². The number of hydrogen-bond acceptors (Lipinski definition) is 4. The van der Waals surface area contributed by atoms with Gasteiger partial charge in [-0.3, -0.25) is 9.59 Å². The van der Waals surface area contributed by atoms with Crippen molar-refractivity contribution in [2.45, 2.75) is 52.1 Å². The van der Waals surface area contributed by atoms with E-state index in [0.29, 0.717) is 32.7 Å². The third-order valence-corrected chi connectivity index (χ3v) is 2.39. The Hall–Kier alpha value is -1.14. The van der Waals surface area contributed by atoms with E-state index >= 15 is 0 Å². The molecule has 0 aliphatic carbocycles. The van der Waals surface area contributed by atoms with Crippen LogP contribution in [0, 0.1) is 0 Å². The van der Waals surface area contributed by atoms with E-state index in [9.17, 15) is 9.59 Å². The topological polar surface area (TPSA) is 76.7 Å². The van der Waals surface area contributed by atoms with Crippen LogP contribution in [0.5, 0.6) is 0 Å². The molecule has 0 heterocycles. The molecule has 0 aromatic rings. The Bertz CT molecular complexity index is 300. The molecule has 0 rings (SSSR count). The molecule has 2 N–H and O–H groups in total. The molecule has 0 aliphatic rings. The first kappa shape index (κ1) is 18.9. The van der Waals surface area contributed by atoms with Crippen molar-refractivity contribution >= 4 is 11.8 Å². The van der Waals surface area contributed by atoms with E-state index in [4.69, 9.17) is 9.47 Å². The van der Waals surface area contributed by atoms with Crippen LogP contribution in [0.4, 0.5) is 0 Å². The van der Waals surface area contributed by atoms with Crippen LogP contribution in [0.2, 0.25) is 0 Å². The van der Waals surface area contributed by atoms with Crippen LogP contribution < -0.4 is 10.6 Å². The molecule has 118 valence electrons. The van der Waals surface area contributed by atoms with E-state index in [1.165, 1.54) is 0 Å². The molecule has 0 aromatic heterocycles. The largest absolute Gasteiger partial charge is 0.382 e. The molecular formula is C14H28N2O4. The average Bonchev–Trinajstić information content (AvgIpc) is 2.31. The van der Waals surface area contributed by atoms with Crippen molar-refractivity contribution in [1.82, 2.24) is 10.6 Å². The minimum atomic E-state index is -0.531. The lowest BCUT2D eigenvalue weighted by molar-refractivity contribution is -0.129. The molecule has 0 aromatic carbocycles. The van der Waals surface area contributed by atoms with Crippen molar-refractivity contribution < 1.29 is 19.1 Å². The first-order valence-corrected chi connectivity index (χ1v) is 6.94. The van der Waals surface area contributed by atoms with Gasteiger partial charge in [0, 0.05) is 25.7 Å². The third-order valence-electron chi connectivity index (χ3n) is 2.39. The summed E-state index contributed by atoms with van der Waals surface area (Å²) >= 11 is 0. The highest BCUT2D eigenvalue weighted by atomic mass is 16.5. The van der Waals surface area contributed by atoms with Gasteiger partial charge in [-0.05, 0) is 34.1 Å². The van der Waals surface area contributed by atoms with Gasteiger partial charge in [-0.2, -0.15) is 0 Å². The van der Waals surface area contributed by atoms with Crippen molar-refractivity contribution in [3.63, 3.8) is 0 Å². The maximum Gasteiger partial charge on any atom is 0.242 e. The SMILES string of the molecule is COCCOCCCC(=O)NC(C)C(=O)NC(C)(C)C. The van der Waals surface area contributed by atoms with Gasteiger partial charge >= 0.3 is 0 Å². The van der Waals surface area contributed by atoms with Crippen LogP contribution in [-0.4, -0.2) is 50.3 Å². The Labute approximate surface area is 121 Å². The number of hydrogen-bond donors (Lipinski definition) is 2. The zero-order valence-corrected chi connectivity index (χ0v) is 13.2. The van der Waals surface area contributed by atoms with Gasteiger partial charge in [-0.1, -0.05) is 0 Å². The zero-order chi connectivity index (χ0) is 15.6. The Kier molecular flexibility index (Phi) is 9.16. The maximum atomic E-state index is 11.8. The molecule has 1 unspecified atom stereocenters. The molecule has 0 bridgehead atoms. The Morgan fingerprint density at radius 2 is 1.80 bits per heavy atom. The van der Waals surface area contributed by atoms with E-state index in [2.05, 4.69) is 10.6 Å². The second-order valence-corrected chi connectivity index (χ2v) is 5.74. The third kappa shape index (κ3) is 10.8. The maximum absolute atomic E-state index is 11.8. The monoisotopic (exact) mass is 288 g/mol. The fraction of sp³-hybridized carbons (Fsp3) is 0.857. The fourth-order valence-corrected chi connectivity index (χ4v) is 1.44. The fourth-order valence-electron chi connectivity index (χ4n) is 1.44. The van der Waals surface area contributed by atoms with Crippen LogP contribution in [0.25, 0.3) is 0 Å². The molecule has 20 heavy (non-hydrogen) atoms. The molecule has 1 atom stereocenters. The number of ether oxygens (including phenoxy) is 2. The quantitative estimate of drug-likeness (QED) is 0.617. The standard InChI is InChI=1S/C14H28N2O4/c1-11(13(18)16-14(2,3)4)15-12(17)7-6-8-20-10-9-19-5/h11H,6-10H2,1-5H3,(H,15,17)(H,16,18). The lowest BCUT2D eigenvalue weighted by atomic mass is 10.1. The van der Waals surface area contributed by atoms with Crippen molar-refractivity contribution in [2.24, 2.45) is 0 Å². The molecule has 0 radical (unpaired) electrons. The van der Waals surface area contributed by atoms with Gasteiger partial charge in [-0.15, -0.1) is 0 Å². The molecular weight excluding hydrogens is 260 g/mol. The second-order valence-electron chi connectivity index (χ2n) is 5.74. The Morgan fingerprint density at radius 3 is 2.35 bits per heavy atom. The number of nitrogens with one attached hydrogen (secondary N) is 2. The van der Waals surface area contributed by atoms with Crippen molar-refractivity contribution in [1.29, 1.82) is 0 Å². The van der Waals surface area contributed by atoms with Crippen molar-refractivity contribution in [3.8, 4) is 0 Å². The predicted molar refractivity (Wildman–Crippen MR) is 77.4 cm³/mol. The molecule has 6 heteroatoms. The van der Waals surface area contributed by atoms with Gasteiger partial charge in [0.2, 0.25) is 11.8 Å². The van der Waals surface area contributed by atoms with E-state index < -0.39 is 6.04 Å². The molecule has 6 nitrogen and oxygen atoms in total. The minimum absolute atomic E-state index is 0.142. The van der Waals surface area contributed by atoms with E-state index in [-0.39, 0.29) is 17.4 Å². The summed E-state index contributed by atoms with van der Waals surface area (Å²) in [6.45, 7) is 8.97. The van der Waals surface area contributed by atoms with Crippen molar-refractivity contribution in [2.75, 3.05) is 26.9 Å². The highest BCUT2D eigenvalue weighted by Gasteiger charge is 2.20. The summed E-state index contributed by atoms with van der Waals surface area (Å²) in [5.74, 6) is -0.320. The smallest absolute Gasteiger partial charge is 0.242 e. The summed E-state index contributed by atoms with van der Waals surface area (Å²) in [6.07, 6.45) is 0.975. The minimum Gasteiger partial charge on any atom is -0.382 e. The van der Waals surface area contributed by atoms with Crippen LogP contribution in [0.3, 0.4) is 0 Å². The Morgan fingerprint density at radius 1 is 1.15 bits per heavy atom. The average molecular weight is 288 g/mol. The van der Waals surface area contributed by atoms with Crippen LogP contribution in [0.1, 0.15) is 40.5 Å². The number of carbonyl (C=O) groups is 2. The van der Waals surface area contributed by atoms with E-state index in [0.717, 1.165) is 0 Å².